The number of nitrogens with two attached hydrogens (primary N) is 1. The quantitative estimate of drug-likeness (QED) is 0.765. The van der Waals surface area contributed by atoms with Gasteiger partial charge in [-0.15, -0.1) is 0 Å². The van der Waals surface area contributed by atoms with E-state index in [1.54, 1.807) is 6.07 Å². The van der Waals surface area contributed by atoms with Crippen molar-refractivity contribution >= 4 is 15.7 Å². The lowest BCUT2D eigenvalue weighted by Gasteiger charge is -2.09. The second-order valence-corrected chi connectivity index (χ2v) is 6.05. The first-order valence-corrected chi connectivity index (χ1v) is 6.86. The molecule has 0 aliphatic rings. The number of sulfonamides is 1. The van der Waals surface area contributed by atoms with Crippen LogP contribution in [0.4, 0.5) is 5.69 Å². The van der Waals surface area contributed by atoms with Gasteiger partial charge in [-0.25, -0.2) is 13.1 Å². The molecule has 0 aromatic heterocycles. The average Bonchev–Trinajstić information content (AvgIpc) is 2.14. The van der Waals surface area contributed by atoms with E-state index in [4.69, 9.17) is 5.73 Å². The Morgan fingerprint density at radius 2 is 1.94 bits per heavy atom. The molecule has 0 unspecified atom stereocenters. The molecule has 5 heteroatoms. The number of para-hydroxylation sites is 1. The third-order valence-electron chi connectivity index (χ3n) is 2.09. The van der Waals surface area contributed by atoms with Crippen molar-refractivity contribution in [3.8, 4) is 0 Å². The molecular formula is C11H18N2O2S. The highest BCUT2D eigenvalue weighted by molar-refractivity contribution is 7.89. The van der Waals surface area contributed by atoms with Crippen LogP contribution in [-0.2, 0) is 16.6 Å². The minimum atomic E-state index is -3.20. The lowest BCUT2D eigenvalue weighted by Crippen LogP contribution is -2.28. The van der Waals surface area contributed by atoms with Gasteiger partial charge in [-0.2, -0.15) is 0 Å². The Hall–Kier alpha value is -1.07. The summed E-state index contributed by atoms with van der Waals surface area (Å²) in [6, 6.07) is 7.23. The van der Waals surface area contributed by atoms with Gasteiger partial charge >= 0.3 is 0 Å². The van der Waals surface area contributed by atoms with Gasteiger partial charge in [-0.3, -0.25) is 0 Å². The van der Waals surface area contributed by atoms with Gasteiger partial charge in [0, 0.05) is 12.2 Å². The van der Waals surface area contributed by atoms with Crippen molar-refractivity contribution < 1.29 is 8.42 Å². The molecule has 1 rings (SSSR count). The molecule has 0 spiro atoms. The fourth-order valence-corrected chi connectivity index (χ4v) is 2.75. The maximum atomic E-state index is 11.6. The molecule has 16 heavy (non-hydrogen) atoms. The summed E-state index contributed by atoms with van der Waals surface area (Å²) in [5.74, 6) is 0.255. The van der Waals surface area contributed by atoms with Crippen LogP contribution >= 0.6 is 0 Å². The maximum absolute atomic E-state index is 11.6. The molecule has 0 atom stereocenters. The molecule has 0 aliphatic carbocycles. The number of nitrogens with one attached hydrogen (secondary N) is 1. The first-order chi connectivity index (χ1) is 7.41. The largest absolute Gasteiger partial charge is 0.398 e. The second kappa shape index (κ2) is 5.32. The minimum Gasteiger partial charge on any atom is -0.398 e. The van der Waals surface area contributed by atoms with Gasteiger partial charge in [0.1, 0.15) is 0 Å². The predicted octanol–water partition coefficient (Wildman–Crippen LogP) is 1.34. The van der Waals surface area contributed by atoms with E-state index in [-0.39, 0.29) is 18.2 Å². The van der Waals surface area contributed by atoms with Gasteiger partial charge in [-0.05, 0) is 17.5 Å². The van der Waals surface area contributed by atoms with E-state index < -0.39 is 10.0 Å². The van der Waals surface area contributed by atoms with E-state index in [9.17, 15) is 8.42 Å². The number of hydrogen-bond acceptors (Lipinski definition) is 3. The molecule has 1 aromatic carbocycles. The monoisotopic (exact) mass is 242 g/mol. The summed E-state index contributed by atoms with van der Waals surface area (Å²) in [6.45, 7) is 3.99. The van der Waals surface area contributed by atoms with Gasteiger partial charge in [0.15, 0.2) is 0 Å². The normalized spacial score (nSPS) is 11.9. The number of benzene rings is 1. The Kier molecular flexibility index (Phi) is 4.32. The standard InChI is InChI=1S/C11H18N2O2S/c1-9(2)8-16(14,15)13-7-10-5-3-4-6-11(10)12/h3-6,9,13H,7-8,12H2,1-2H3. The molecule has 1 aromatic rings. The Morgan fingerprint density at radius 3 is 2.50 bits per heavy atom. The Bertz CT molecular complexity index is 441. The lowest BCUT2D eigenvalue weighted by molar-refractivity contribution is 0.568. The van der Waals surface area contributed by atoms with Crippen molar-refractivity contribution in [3.63, 3.8) is 0 Å². The van der Waals surface area contributed by atoms with Gasteiger partial charge < -0.3 is 5.73 Å². The van der Waals surface area contributed by atoms with Gasteiger partial charge in [0.2, 0.25) is 10.0 Å². The van der Waals surface area contributed by atoms with Crippen LogP contribution in [-0.4, -0.2) is 14.2 Å². The summed E-state index contributed by atoms with van der Waals surface area (Å²) >= 11 is 0. The van der Waals surface area contributed by atoms with Crippen LogP contribution in [0.3, 0.4) is 0 Å². The zero-order chi connectivity index (χ0) is 12.2. The van der Waals surface area contributed by atoms with Crippen LogP contribution in [0.2, 0.25) is 0 Å². The minimum absolute atomic E-state index is 0.116. The number of nitrogen functional groups attached to an aromatic ring is 1. The first-order valence-electron chi connectivity index (χ1n) is 5.21. The molecule has 0 heterocycles. The van der Waals surface area contributed by atoms with E-state index >= 15 is 0 Å². The number of anilines is 1. The molecule has 0 radical (unpaired) electrons. The first kappa shape index (κ1) is 13.0. The predicted molar refractivity (Wildman–Crippen MR) is 66.3 cm³/mol. The van der Waals surface area contributed by atoms with Gasteiger partial charge in [0.05, 0.1) is 5.75 Å². The molecule has 0 saturated heterocycles. The van der Waals surface area contributed by atoms with E-state index in [0.717, 1.165) is 5.56 Å². The second-order valence-electron chi connectivity index (χ2n) is 4.20. The van der Waals surface area contributed by atoms with E-state index in [2.05, 4.69) is 4.72 Å². The fourth-order valence-electron chi connectivity index (χ4n) is 1.38. The number of rotatable bonds is 5. The SMILES string of the molecule is CC(C)CS(=O)(=O)NCc1ccccc1N. The Balaban J connectivity index is 2.62. The van der Waals surface area contributed by atoms with Crippen molar-refractivity contribution in [1.29, 1.82) is 0 Å². The van der Waals surface area contributed by atoms with E-state index in [1.165, 1.54) is 0 Å². The molecule has 0 bridgehead atoms. The zero-order valence-electron chi connectivity index (χ0n) is 9.60. The van der Waals surface area contributed by atoms with Gasteiger partial charge in [-0.1, -0.05) is 32.0 Å². The van der Waals surface area contributed by atoms with Crippen molar-refractivity contribution in [2.45, 2.75) is 20.4 Å². The van der Waals surface area contributed by atoms with Crippen molar-refractivity contribution in [1.82, 2.24) is 4.72 Å². The smallest absolute Gasteiger partial charge is 0.212 e. The van der Waals surface area contributed by atoms with E-state index in [0.29, 0.717) is 5.69 Å². The van der Waals surface area contributed by atoms with Crippen LogP contribution < -0.4 is 10.5 Å². The molecule has 0 aliphatic heterocycles. The molecule has 4 nitrogen and oxygen atoms in total. The summed E-state index contributed by atoms with van der Waals surface area (Å²) in [5, 5.41) is 0. The Labute approximate surface area is 96.9 Å². The summed E-state index contributed by atoms with van der Waals surface area (Å²) in [4.78, 5) is 0. The molecule has 0 amide bonds. The third-order valence-corrected chi connectivity index (χ3v) is 3.78. The highest BCUT2D eigenvalue weighted by Gasteiger charge is 2.12. The van der Waals surface area contributed by atoms with Crippen LogP contribution in [0, 0.1) is 5.92 Å². The molecule has 3 N–H and O–H groups in total. The molecule has 0 fully saturated rings. The third kappa shape index (κ3) is 4.20. The maximum Gasteiger partial charge on any atom is 0.212 e. The van der Waals surface area contributed by atoms with Gasteiger partial charge in [0.25, 0.3) is 0 Å². The molecule has 90 valence electrons. The van der Waals surface area contributed by atoms with Crippen molar-refractivity contribution in [3.05, 3.63) is 29.8 Å². The molecular weight excluding hydrogens is 224 g/mol. The average molecular weight is 242 g/mol. The summed E-state index contributed by atoms with van der Waals surface area (Å²) in [7, 11) is -3.20. The topological polar surface area (TPSA) is 72.2 Å². The summed E-state index contributed by atoms with van der Waals surface area (Å²) in [6.07, 6.45) is 0. The fraction of sp³-hybridized carbons (Fsp3) is 0.455. The summed E-state index contributed by atoms with van der Waals surface area (Å²) in [5.41, 5.74) is 7.12. The lowest BCUT2D eigenvalue weighted by atomic mass is 10.2. The van der Waals surface area contributed by atoms with Crippen molar-refractivity contribution in [2.75, 3.05) is 11.5 Å². The molecule has 0 saturated carbocycles. The van der Waals surface area contributed by atoms with Crippen LogP contribution in [0.1, 0.15) is 19.4 Å². The Morgan fingerprint density at radius 1 is 1.31 bits per heavy atom. The summed E-state index contributed by atoms with van der Waals surface area (Å²) < 4.78 is 25.7. The van der Waals surface area contributed by atoms with Crippen molar-refractivity contribution in [2.24, 2.45) is 5.92 Å². The van der Waals surface area contributed by atoms with Crippen LogP contribution in [0.5, 0.6) is 0 Å². The van der Waals surface area contributed by atoms with Crippen LogP contribution in [0.15, 0.2) is 24.3 Å². The highest BCUT2D eigenvalue weighted by Crippen LogP contribution is 2.10. The highest BCUT2D eigenvalue weighted by atomic mass is 32.2. The van der Waals surface area contributed by atoms with E-state index in [1.807, 2.05) is 32.0 Å². The number of hydrogen-bond donors (Lipinski definition) is 2. The van der Waals surface area contributed by atoms with Crippen LogP contribution in [0.25, 0.3) is 0 Å². The zero-order valence-corrected chi connectivity index (χ0v) is 10.4.